The molecule has 0 saturated carbocycles. The molecule has 0 radical (unpaired) electrons. The molecule has 2 rings (SSSR count). The molecule has 1 aliphatic heterocycles. The summed E-state index contributed by atoms with van der Waals surface area (Å²) in [6, 6.07) is 0. The molecule has 0 aromatic carbocycles. The van der Waals surface area contributed by atoms with Crippen LogP contribution in [-0.2, 0) is 13.0 Å². The summed E-state index contributed by atoms with van der Waals surface area (Å²) >= 11 is 1.67. The Morgan fingerprint density at radius 1 is 1.39 bits per heavy atom. The summed E-state index contributed by atoms with van der Waals surface area (Å²) in [7, 11) is 0. The van der Waals surface area contributed by atoms with Gasteiger partial charge in [0, 0.05) is 13.1 Å². The van der Waals surface area contributed by atoms with Crippen molar-refractivity contribution < 1.29 is 5.11 Å². The lowest BCUT2D eigenvalue weighted by Crippen LogP contribution is -2.38. The van der Waals surface area contributed by atoms with Gasteiger partial charge in [0.15, 0.2) is 5.13 Å². The molecule has 0 amide bonds. The van der Waals surface area contributed by atoms with E-state index in [1.165, 1.54) is 6.42 Å². The molecule has 2 heterocycles. The predicted molar refractivity (Wildman–Crippen MR) is 77.2 cm³/mol. The number of hydrogen-bond acceptors (Lipinski definition) is 4. The fourth-order valence-corrected chi connectivity index (χ4v) is 3.50. The van der Waals surface area contributed by atoms with E-state index in [4.69, 9.17) is 4.98 Å². The average molecular weight is 268 g/mol. The number of aliphatic hydroxyl groups is 1. The van der Waals surface area contributed by atoms with Gasteiger partial charge in [0.25, 0.3) is 0 Å². The van der Waals surface area contributed by atoms with E-state index in [9.17, 15) is 5.11 Å². The maximum Gasteiger partial charge on any atom is 0.185 e. The van der Waals surface area contributed by atoms with Crippen molar-refractivity contribution in [3.05, 3.63) is 10.6 Å². The molecule has 18 heavy (non-hydrogen) atoms. The van der Waals surface area contributed by atoms with Crippen LogP contribution in [-0.4, -0.2) is 23.2 Å². The fourth-order valence-electron chi connectivity index (χ4n) is 2.50. The van der Waals surface area contributed by atoms with E-state index in [0.717, 1.165) is 53.5 Å². The number of hydrogen-bond donors (Lipinski definition) is 1. The van der Waals surface area contributed by atoms with Crippen molar-refractivity contribution in [3.63, 3.8) is 0 Å². The Labute approximate surface area is 114 Å². The summed E-state index contributed by atoms with van der Waals surface area (Å²) in [5.74, 6) is 1.54. The van der Waals surface area contributed by atoms with Crippen molar-refractivity contribution in [3.8, 4) is 0 Å². The van der Waals surface area contributed by atoms with Gasteiger partial charge in [0.2, 0.25) is 0 Å². The van der Waals surface area contributed by atoms with Crippen molar-refractivity contribution in [2.24, 2.45) is 11.8 Å². The first-order chi connectivity index (χ1) is 8.65. The second-order valence-electron chi connectivity index (χ2n) is 5.46. The third kappa shape index (κ3) is 2.86. The van der Waals surface area contributed by atoms with Crippen LogP contribution in [0.3, 0.4) is 0 Å². The third-order valence-electron chi connectivity index (χ3n) is 4.00. The Hall–Kier alpha value is -0.610. The van der Waals surface area contributed by atoms with Gasteiger partial charge in [-0.1, -0.05) is 38.5 Å². The van der Waals surface area contributed by atoms with Gasteiger partial charge in [0.05, 0.1) is 17.2 Å². The standard InChI is InChI=1S/C14H24N2OS/c1-4-5-12-13(9-17)18-14(15-12)16-7-6-10(2)11(3)8-16/h10-11,17H,4-9H2,1-3H3. The lowest BCUT2D eigenvalue weighted by atomic mass is 9.89. The predicted octanol–water partition coefficient (Wildman–Crippen LogP) is 3.07. The number of thiazole rings is 1. The van der Waals surface area contributed by atoms with Crippen LogP contribution >= 0.6 is 11.3 Å². The van der Waals surface area contributed by atoms with Gasteiger partial charge < -0.3 is 10.0 Å². The summed E-state index contributed by atoms with van der Waals surface area (Å²) < 4.78 is 0. The number of rotatable bonds is 4. The van der Waals surface area contributed by atoms with Gasteiger partial charge in [-0.05, 0) is 24.7 Å². The Balaban J connectivity index is 2.13. The minimum absolute atomic E-state index is 0.132. The molecule has 0 spiro atoms. The van der Waals surface area contributed by atoms with E-state index in [1.54, 1.807) is 11.3 Å². The largest absolute Gasteiger partial charge is 0.391 e. The van der Waals surface area contributed by atoms with Gasteiger partial charge in [-0.2, -0.15) is 0 Å². The van der Waals surface area contributed by atoms with Crippen molar-refractivity contribution in [2.45, 2.75) is 46.6 Å². The molecule has 2 atom stereocenters. The normalized spacial score (nSPS) is 24.6. The Bertz CT molecular complexity index is 391. The average Bonchev–Trinajstić information content (AvgIpc) is 2.76. The summed E-state index contributed by atoms with van der Waals surface area (Å²) in [6.45, 7) is 9.16. The molecule has 102 valence electrons. The van der Waals surface area contributed by atoms with Gasteiger partial charge in [0.1, 0.15) is 0 Å². The van der Waals surface area contributed by atoms with E-state index < -0.39 is 0 Å². The molecule has 4 heteroatoms. The van der Waals surface area contributed by atoms with Crippen LogP contribution < -0.4 is 4.90 Å². The second kappa shape index (κ2) is 6.02. The van der Waals surface area contributed by atoms with E-state index >= 15 is 0 Å². The second-order valence-corrected chi connectivity index (χ2v) is 6.53. The highest BCUT2D eigenvalue weighted by Crippen LogP contribution is 2.32. The molecule has 1 aromatic heterocycles. The van der Waals surface area contributed by atoms with Crippen molar-refractivity contribution in [1.82, 2.24) is 4.98 Å². The number of aliphatic hydroxyl groups excluding tert-OH is 1. The molecule has 1 N–H and O–H groups in total. The van der Waals surface area contributed by atoms with E-state index in [1.807, 2.05) is 0 Å². The highest BCUT2D eigenvalue weighted by Gasteiger charge is 2.25. The lowest BCUT2D eigenvalue weighted by molar-refractivity contribution is 0.284. The number of aromatic nitrogens is 1. The number of anilines is 1. The van der Waals surface area contributed by atoms with Gasteiger partial charge in [-0.3, -0.25) is 0 Å². The van der Waals surface area contributed by atoms with Crippen LogP contribution in [0.15, 0.2) is 0 Å². The maximum absolute atomic E-state index is 9.40. The van der Waals surface area contributed by atoms with Gasteiger partial charge >= 0.3 is 0 Å². The Kier molecular flexibility index (Phi) is 4.62. The molecule has 2 unspecified atom stereocenters. The molecule has 0 bridgehead atoms. The van der Waals surface area contributed by atoms with Crippen molar-refractivity contribution >= 4 is 16.5 Å². The summed E-state index contributed by atoms with van der Waals surface area (Å²) in [5.41, 5.74) is 1.10. The first kappa shape index (κ1) is 13.8. The molecule has 1 fully saturated rings. The van der Waals surface area contributed by atoms with Crippen LogP contribution in [0.2, 0.25) is 0 Å². The quantitative estimate of drug-likeness (QED) is 0.911. The fraction of sp³-hybridized carbons (Fsp3) is 0.786. The Morgan fingerprint density at radius 2 is 2.17 bits per heavy atom. The van der Waals surface area contributed by atoms with Crippen molar-refractivity contribution in [2.75, 3.05) is 18.0 Å². The highest BCUT2D eigenvalue weighted by molar-refractivity contribution is 7.15. The van der Waals surface area contributed by atoms with E-state index in [0.29, 0.717) is 0 Å². The zero-order chi connectivity index (χ0) is 13.1. The van der Waals surface area contributed by atoms with Gasteiger partial charge in [-0.15, -0.1) is 0 Å². The van der Waals surface area contributed by atoms with Crippen LogP contribution in [0, 0.1) is 11.8 Å². The molecule has 0 aliphatic carbocycles. The third-order valence-corrected chi connectivity index (χ3v) is 5.15. The zero-order valence-corrected chi connectivity index (χ0v) is 12.5. The smallest absolute Gasteiger partial charge is 0.185 e. The monoisotopic (exact) mass is 268 g/mol. The molecule has 1 saturated heterocycles. The molecule has 3 nitrogen and oxygen atoms in total. The minimum Gasteiger partial charge on any atom is -0.391 e. The number of aryl methyl sites for hydroxylation is 1. The summed E-state index contributed by atoms with van der Waals surface area (Å²) in [5, 5.41) is 10.5. The molecule has 1 aromatic rings. The van der Waals surface area contributed by atoms with Crippen LogP contribution in [0.25, 0.3) is 0 Å². The topological polar surface area (TPSA) is 36.4 Å². The van der Waals surface area contributed by atoms with E-state index in [-0.39, 0.29) is 6.61 Å². The first-order valence-corrected chi connectivity index (χ1v) is 7.81. The number of nitrogens with zero attached hydrogens (tertiary/aromatic N) is 2. The van der Waals surface area contributed by atoms with Gasteiger partial charge in [-0.25, -0.2) is 4.98 Å². The molecule has 1 aliphatic rings. The Morgan fingerprint density at radius 3 is 2.78 bits per heavy atom. The number of piperidine rings is 1. The zero-order valence-electron chi connectivity index (χ0n) is 11.6. The first-order valence-electron chi connectivity index (χ1n) is 7.00. The van der Waals surface area contributed by atoms with E-state index in [2.05, 4.69) is 25.7 Å². The SMILES string of the molecule is CCCc1nc(N2CCC(C)C(C)C2)sc1CO. The summed E-state index contributed by atoms with van der Waals surface area (Å²) in [6.07, 6.45) is 3.31. The molecular weight excluding hydrogens is 244 g/mol. The lowest BCUT2D eigenvalue weighted by Gasteiger charge is -2.35. The highest BCUT2D eigenvalue weighted by atomic mass is 32.1. The molecular formula is C14H24N2OS. The summed E-state index contributed by atoms with van der Waals surface area (Å²) in [4.78, 5) is 8.19. The van der Waals surface area contributed by atoms with Crippen LogP contribution in [0.1, 0.15) is 44.2 Å². The van der Waals surface area contributed by atoms with Crippen LogP contribution in [0.4, 0.5) is 5.13 Å². The minimum atomic E-state index is 0.132. The maximum atomic E-state index is 9.40. The van der Waals surface area contributed by atoms with Crippen molar-refractivity contribution in [1.29, 1.82) is 0 Å². The van der Waals surface area contributed by atoms with Crippen LogP contribution in [0.5, 0.6) is 0 Å².